The summed E-state index contributed by atoms with van der Waals surface area (Å²) in [6, 6.07) is 13.7. The first kappa shape index (κ1) is 31.7. The Morgan fingerprint density at radius 2 is 1.57 bits per heavy atom. The standard InChI is InChI=1S/C34H41N3O6S/c1-6-19-35(23-11-15-26(16-12-23)43-8-3)30(39)27-28-31(40)37(21-22-38)29(34(28)18-17-33(27,4)44-34)32(41)36(20-7-2)24-9-13-25(42-5)14-10-24/h6-7,9-16,27-29,38H,1-2,8,17-22H2,3-5H3/t27-,28+,29?,33+,34?/m1/s1. The summed E-state index contributed by atoms with van der Waals surface area (Å²) in [6.07, 6.45) is 4.63. The molecule has 5 rings (SSSR count). The van der Waals surface area contributed by atoms with E-state index in [2.05, 4.69) is 13.2 Å². The minimum absolute atomic E-state index is 0.00544. The number of carbonyl (C=O) groups is 3. The Morgan fingerprint density at radius 3 is 2.09 bits per heavy atom. The number of methoxy groups -OCH3 is 1. The molecule has 0 aliphatic carbocycles. The van der Waals surface area contributed by atoms with Crippen molar-refractivity contribution in [3.8, 4) is 11.5 Å². The zero-order valence-electron chi connectivity index (χ0n) is 25.6. The molecule has 1 N–H and O–H groups in total. The molecule has 0 aromatic heterocycles. The number of β-amino-alcohol motifs (C(OH)–C–C–N with tert-alkyl or cyclic N) is 1. The van der Waals surface area contributed by atoms with E-state index in [1.54, 1.807) is 65.1 Å². The van der Waals surface area contributed by atoms with Gasteiger partial charge < -0.3 is 29.3 Å². The zero-order chi connectivity index (χ0) is 31.6. The first-order chi connectivity index (χ1) is 21.2. The first-order valence-corrected chi connectivity index (χ1v) is 15.8. The molecule has 3 aliphatic rings. The number of aliphatic hydroxyl groups is 1. The van der Waals surface area contributed by atoms with Gasteiger partial charge in [0.15, 0.2) is 0 Å². The van der Waals surface area contributed by atoms with Crippen molar-refractivity contribution in [2.45, 2.75) is 42.2 Å². The fraction of sp³-hybridized carbons (Fsp3) is 0.441. The maximum absolute atomic E-state index is 14.6. The maximum atomic E-state index is 14.6. The SMILES string of the molecule is C=CCN(C(=O)C1N(CCO)C(=O)[C@@H]2[C@H](C(=O)N(CC=C)c3ccc(OCC)cc3)[C@]3(C)CCC12S3)c1ccc(OC)cc1. The number of thioether (sulfide) groups is 1. The van der Waals surface area contributed by atoms with Crippen molar-refractivity contribution in [3.05, 3.63) is 73.8 Å². The lowest BCUT2D eigenvalue weighted by Crippen LogP contribution is -2.55. The lowest BCUT2D eigenvalue weighted by Gasteiger charge is -2.38. The van der Waals surface area contributed by atoms with Gasteiger partial charge in [0.1, 0.15) is 17.5 Å². The van der Waals surface area contributed by atoms with Gasteiger partial charge in [-0.15, -0.1) is 24.9 Å². The number of benzene rings is 2. The highest BCUT2D eigenvalue weighted by atomic mass is 32.2. The molecule has 3 fully saturated rings. The fourth-order valence-electron chi connectivity index (χ4n) is 7.30. The first-order valence-electron chi connectivity index (χ1n) is 15.0. The predicted octanol–water partition coefficient (Wildman–Crippen LogP) is 4.31. The number of amides is 3. The molecular weight excluding hydrogens is 578 g/mol. The number of rotatable bonds is 13. The summed E-state index contributed by atoms with van der Waals surface area (Å²) < 4.78 is 9.53. The smallest absolute Gasteiger partial charge is 0.251 e. The molecule has 2 bridgehead atoms. The van der Waals surface area contributed by atoms with Gasteiger partial charge in [-0.1, -0.05) is 12.2 Å². The van der Waals surface area contributed by atoms with Gasteiger partial charge in [-0.05, 0) is 75.2 Å². The molecule has 44 heavy (non-hydrogen) atoms. The Morgan fingerprint density at radius 1 is 1.00 bits per heavy atom. The summed E-state index contributed by atoms with van der Waals surface area (Å²) in [4.78, 5) is 48.4. The van der Waals surface area contributed by atoms with Gasteiger partial charge in [0.2, 0.25) is 11.8 Å². The summed E-state index contributed by atoms with van der Waals surface area (Å²) in [7, 11) is 1.58. The summed E-state index contributed by atoms with van der Waals surface area (Å²) in [5, 5.41) is 10.0. The highest BCUT2D eigenvalue weighted by Gasteiger charge is 2.77. The van der Waals surface area contributed by atoms with Crippen LogP contribution in [0, 0.1) is 11.8 Å². The number of carbonyl (C=O) groups excluding carboxylic acids is 3. The Labute approximate surface area is 263 Å². The van der Waals surface area contributed by atoms with E-state index >= 15 is 0 Å². The second-order valence-corrected chi connectivity index (χ2v) is 13.5. The zero-order valence-corrected chi connectivity index (χ0v) is 26.4. The number of likely N-dealkylation sites (tertiary alicyclic amines) is 1. The number of anilines is 2. The second kappa shape index (κ2) is 12.7. The van der Waals surface area contributed by atoms with Crippen molar-refractivity contribution in [2.75, 3.05) is 49.8 Å². The molecule has 2 aromatic carbocycles. The van der Waals surface area contributed by atoms with Gasteiger partial charge in [0, 0.05) is 35.8 Å². The van der Waals surface area contributed by atoms with Crippen LogP contribution < -0.4 is 19.3 Å². The van der Waals surface area contributed by atoms with Crippen molar-refractivity contribution in [3.63, 3.8) is 0 Å². The van der Waals surface area contributed by atoms with Crippen LogP contribution in [0.3, 0.4) is 0 Å². The van der Waals surface area contributed by atoms with Crippen molar-refractivity contribution in [1.29, 1.82) is 0 Å². The van der Waals surface area contributed by atoms with E-state index in [0.717, 1.165) is 0 Å². The molecule has 9 nitrogen and oxygen atoms in total. The van der Waals surface area contributed by atoms with Crippen LogP contribution in [0.15, 0.2) is 73.8 Å². The molecule has 3 heterocycles. The number of hydrogen-bond donors (Lipinski definition) is 1. The molecule has 234 valence electrons. The largest absolute Gasteiger partial charge is 0.497 e. The average molecular weight is 620 g/mol. The summed E-state index contributed by atoms with van der Waals surface area (Å²) in [6.45, 7) is 12.5. The van der Waals surface area contributed by atoms with Gasteiger partial charge in [0.25, 0.3) is 5.91 Å². The monoisotopic (exact) mass is 619 g/mol. The molecule has 5 atom stereocenters. The van der Waals surface area contributed by atoms with Crippen molar-refractivity contribution < 1.29 is 29.0 Å². The molecule has 0 radical (unpaired) electrons. The minimum Gasteiger partial charge on any atom is -0.497 e. The lowest BCUT2D eigenvalue weighted by atomic mass is 9.66. The number of aliphatic hydroxyl groups excluding tert-OH is 1. The van der Waals surface area contributed by atoms with E-state index in [1.165, 1.54) is 4.90 Å². The molecule has 3 saturated heterocycles. The fourth-order valence-corrected chi connectivity index (χ4v) is 9.64. The van der Waals surface area contributed by atoms with E-state index < -0.39 is 27.4 Å². The van der Waals surface area contributed by atoms with Crippen molar-refractivity contribution in [1.82, 2.24) is 4.90 Å². The van der Waals surface area contributed by atoms with Crippen LogP contribution in [0.1, 0.15) is 26.7 Å². The van der Waals surface area contributed by atoms with E-state index in [0.29, 0.717) is 42.3 Å². The third-order valence-electron chi connectivity index (χ3n) is 9.12. The topological polar surface area (TPSA) is 99.6 Å². The molecular formula is C34H41N3O6S. The Bertz CT molecular complexity index is 1420. The molecule has 2 aromatic rings. The molecule has 3 amide bonds. The Hall–Kier alpha value is -3.76. The molecule has 0 saturated carbocycles. The second-order valence-electron chi connectivity index (χ2n) is 11.6. The quantitative estimate of drug-likeness (QED) is 0.334. The predicted molar refractivity (Wildman–Crippen MR) is 173 cm³/mol. The van der Waals surface area contributed by atoms with Crippen molar-refractivity contribution >= 4 is 40.9 Å². The van der Waals surface area contributed by atoms with Crippen LogP contribution in [0.5, 0.6) is 11.5 Å². The van der Waals surface area contributed by atoms with E-state index in [9.17, 15) is 19.5 Å². The Balaban J connectivity index is 1.54. The summed E-state index contributed by atoms with van der Waals surface area (Å²) >= 11 is 1.60. The molecule has 2 unspecified atom stereocenters. The van der Waals surface area contributed by atoms with Crippen LogP contribution in [0.2, 0.25) is 0 Å². The van der Waals surface area contributed by atoms with Gasteiger partial charge in [-0.3, -0.25) is 14.4 Å². The van der Waals surface area contributed by atoms with Crippen LogP contribution in [0.4, 0.5) is 11.4 Å². The lowest BCUT2D eigenvalue weighted by molar-refractivity contribution is -0.140. The Kier molecular flexibility index (Phi) is 9.13. The number of hydrogen-bond acceptors (Lipinski definition) is 7. The van der Waals surface area contributed by atoms with Crippen LogP contribution in [-0.4, -0.2) is 83.2 Å². The van der Waals surface area contributed by atoms with Crippen LogP contribution in [0.25, 0.3) is 0 Å². The molecule has 1 spiro atoms. The number of fused-ring (bicyclic) bond motifs is 1. The van der Waals surface area contributed by atoms with Crippen LogP contribution >= 0.6 is 11.8 Å². The molecule has 10 heteroatoms. The third kappa shape index (κ3) is 5.17. The number of nitrogens with zero attached hydrogens (tertiary/aromatic N) is 3. The van der Waals surface area contributed by atoms with Gasteiger partial charge >= 0.3 is 0 Å². The van der Waals surface area contributed by atoms with Crippen molar-refractivity contribution in [2.24, 2.45) is 11.8 Å². The van der Waals surface area contributed by atoms with Gasteiger partial charge in [-0.25, -0.2) is 0 Å². The third-order valence-corrected chi connectivity index (χ3v) is 11.1. The number of ether oxygens (including phenoxy) is 2. The van der Waals surface area contributed by atoms with Crippen LogP contribution in [-0.2, 0) is 14.4 Å². The summed E-state index contributed by atoms with van der Waals surface area (Å²) in [5.41, 5.74) is 1.33. The van der Waals surface area contributed by atoms with E-state index in [-0.39, 0.29) is 44.0 Å². The van der Waals surface area contributed by atoms with E-state index in [4.69, 9.17) is 9.47 Å². The highest BCUT2D eigenvalue weighted by Crippen LogP contribution is 2.71. The maximum Gasteiger partial charge on any atom is 0.251 e. The summed E-state index contributed by atoms with van der Waals surface area (Å²) in [5.74, 6) is -0.685. The van der Waals surface area contributed by atoms with E-state index in [1.807, 2.05) is 38.1 Å². The minimum atomic E-state index is -0.850. The average Bonchev–Trinajstić information content (AvgIpc) is 3.59. The normalized spacial score (nSPS) is 26.7. The molecule has 3 aliphatic heterocycles. The highest BCUT2D eigenvalue weighted by molar-refractivity contribution is 8.02. The van der Waals surface area contributed by atoms with Gasteiger partial charge in [-0.2, -0.15) is 0 Å². The van der Waals surface area contributed by atoms with Gasteiger partial charge in [0.05, 0.1) is 36.9 Å².